The van der Waals surface area contributed by atoms with Crippen molar-refractivity contribution in [3.05, 3.63) is 34.3 Å². The van der Waals surface area contributed by atoms with E-state index < -0.39 is 16.9 Å². The van der Waals surface area contributed by atoms with E-state index in [1.165, 1.54) is 0 Å². The smallest absolute Gasteiger partial charge is 0.321 e. The summed E-state index contributed by atoms with van der Waals surface area (Å²) in [7, 11) is 0. The highest BCUT2D eigenvalue weighted by molar-refractivity contribution is 9.10. The van der Waals surface area contributed by atoms with Crippen LogP contribution in [0.4, 0.5) is 0 Å². The van der Waals surface area contributed by atoms with Gasteiger partial charge < -0.3 is 4.74 Å². The summed E-state index contributed by atoms with van der Waals surface area (Å²) in [4.78, 5) is 10.9. The predicted octanol–water partition coefficient (Wildman–Crippen LogP) is 3.34. The van der Waals surface area contributed by atoms with Gasteiger partial charge in [0, 0.05) is 10.0 Å². The number of esters is 1. The van der Waals surface area contributed by atoms with Crippen LogP contribution in [0.3, 0.4) is 0 Å². The first-order valence-electron chi connectivity index (χ1n) is 4.54. The zero-order chi connectivity index (χ0) is 12.1. The fraction of sp³-hybridized carbons (Fsp3) is 0.273. The van der Waals surface area contributed by atoms with Gasteiger partial charge in [-0.15, -0.1) is 0 Å². The summed E-state index contributed by atoms with van der Waals surface area (Å²) >= 11 is 6.38. The summed E-state index contributed by atoms with van der Waals surface area (Å²) in [6.07, 6.45) is -0.861. The average molecular weight is 347 g/mol. The van der Waals surface area contributed by atoms with Crippen LogP contribution >= 0.6 is 31.9 Å². The summed E-state index contributed by atoms with van der Waals surface area (Å²) in [6.45, 7) is 1.65. The van der Waals surface area contributed by atoms with Crippen LogP contribution in [0.2, 0.25) is 0 Å². The molecule has 2 atom stereocenters. The third-order valence-electron chi connectivity index (χ3n) is 1.85. The monoisotopic (exact) mass is 345 g/mol. The Bertz CT molecular complexity index is 409. The third kappa shape index (κ3) is 3.62. The number of carbonyl (C=O) groups is 1. The van der Waals surface area contributed by atoms with Gasteiger partial charge in [0.2, 0.25) is 6.10 Å². The minimum Gasteiger partial charge on any atom is -0.441 e. The van der Waals surface area contributed by atoms with Gasteiger partial charge in [0.25, 0.3) is 0 Å². The summed E-state index contributed by atoms with van der Waals surface area (Å²) in [5.41, 5.74) is 0.659. The Hall–Kier alpha value is -0.860. The van der Waals surface area contributed by atoms with Crippen molar-refractivity contribution < 1.29 is 9.53 Å². The lowest BCUT2D eigenvalue weighted by molar-refractivity contribution is -0.145. The maximum absolute atomic E-state index is 11.3. The van der Waals surface area contributed by atoms with Crippen molar-refractivity contribution >= 4 is 37.8 Å². The molecule has 0 bridgehead atoms. The molecule has 0 heterocycles. The van der Waals surface area contributed by atoms with Crippen molar-refractivity contribution in [3.63, 3.8) is 0 Å². The molecule has 84 valence electrons. The van der Waals surface area contributed by atoms with E-state index >= 15 is 0 Å². The standard InChI is InChI=1S/C11H9Br2NO2/c1-7(12)11(15)16-10(6-14)8-2-4-9(13)5-3-8/h2-5,7,10H,1H3. The number of nitriles is 1. The Kier molecular flexibility index (Phi) is 4.97. The number of carbonyl (C=O) groups excluding carboxylic acids is 1. The van der Waals surface area contributed by atoms with Gasteiger partial charge in [-0.2, -0.15) is 5.26 Å². The lowest BCUT2D eigenvalue weighted by Gasteiger charge is -2.12. The van der Waals surface area contributed by atoms with E-state index in [1.54, 1.807) is 31.2 Å². The van der Waals surface area contributed by atoms with E-state index in [4.69, 9.17) is 10.00 Å². The molecule has 1 aromatic rings. The summed E-state index contributed by atoms with van der Waals surface area (Å²) in [5.74, 6) is -0.450. The van der Waals surface area contributed by atoms with Crippen LogP contribution in [0.1, 0.15) is 18.6 Å². The van der Waals surface area contributed by atoms with Crippen LogP contribution in [0.15, 0.2) is 28.7 Å². The topological polar surface area (TPSA) is 50.1 Å². The van der Waals surface area contributed by atoms with Gasteiger partial charge in [-0.1, -0.05) is 44.0 Å². The van der Waals surface area contributed by atoms with E-state index in [0.29, 0.717) is 5.56 Å². The molecule has 2 unspecified atom stereocenters. The summed E-state index contributed by atoms with van der Waals surface area (Å²) < 4.78 is 5.94. The Morgan fingerprint density at radius 2 is 2.00 bits per heavy atom. The second kappa shape index (κ2) is 6.02. The van der Waals surface area contributed by atoms with Gasteiger partial charge in [0.05, 0.1) is 0 Å². The molecule has 1 aromatic carbocycles. The molecule has 0 aliphatic carbocycles. The van der Waals surface area contributed by atoms with Gasteiger partial charge >= 0.3 is 5.97 Å². The fourth-order valence-electron chi connectivity index (χ4n) is 1.02. The molecular formula is C11H9Br2NO2. The van der Waals surface area contributed by atoms with Crippen LogP contribution in [0.25, 0.3) is 0 Å². The molecule has 3 nitrogen and oxygen atoms in total. The molecule has 16 heavy (non-hydrogen) atoms. The first-order valence-corrected chi connectivity index (χ1v) is 6.25. The minimum atomic E-state index is -0.861. The predicted molar refractivity (Wildman–Crippen MR) is 67.0 cm³/mol. The van der Waals surface area contributed by atoms with Gasteiger partial charge in [-0.25, -0.2) is 0 Å². The maximum atomic E-state index is 11.3. The van der Waals surface area contributed by atoms with Crippen LogP contribution in [-0.4, -0.2) is 10.8 Å². The van der Waals surface area contributed by atoms with Crippen molar-refractivity contribution in [2.24, 2.45) is 0 Å². The average Bonchev–Trinajstić information content (AvgIpc) is 2.26. The molecule has 0 amide bonds. The number of hydrogen-bond donors (Lipinski definition) is 0. The number of halogens is 2. The Balaban J connectivity index is 2.80. The van der Waals surface area contributed by atoms with E-state index in [1.807, 2.05) is 6.07 Å². The van der Waals surface area contributed by atoms with E-state index in [-0.39, 0.29) is 0 Å². The molecular weight excluding hydrogens is 338 g/mol. The molecule has 0 aliphatic rings. The highest BCUT2D eigenvalue weighted by atomic mass is 79.9. The summed E-state index contributed by atoms with van der Waals surface area (Å²) in [6, 6.07) is 9.02. The lowest BCUT2D eigenvalue weighted by Crippen LogP contribution is -2.17. The molecule has 0 saturated heterocycles. The lowest BCUT2D eigenvalue weighted by atomic mass is 10.1. The molecule has 0 aliphatic heterocycles. The van der Waals surface area contributed by atoms with Crippen LogP contribution in [-0.2, 0) is 9.53 Å². The van der Waals surface area contributed by atoms with E-state index in [9.17, 15) is 4.79 Å². The number of alkyl halides is 1. The molecule has 1 rings (SSSR count). The molecule has 5 heteroatoms. The second-order valence-corrected chi connectivity index (χ2v) is 5.40. The molecule has 0 aromatic heterocycles. The Morgan fingerprint density at radius 3 is 2.44 bits per heavy atom. The fourth-order valence-corrected chi connectivity index (χ4v) is 1.39. The minimum absolute atomic E-state index is 0.418. The van der Waals surface area contributed by atoms with Crippen molar-refractivity contribution in [3.8, 4) is 6.07 Å². The Labute approximate surface area is 111 Å². The van der Waals surface area contributed by atoms with E-state index in [2.05, 4.69) is 31.9 Å². The van der Waals surface area contributed by atoms with E-state index in [0.717, 1.165) is 4.47 Å². The zero-order valence-electron chi connectivity index (χ0n) is 8.48. The Morgan fingerprint density at radius 1 is 1.44 bits per heavy atom. The second-order valence-electron chi connectivity index (χ2n) is 3.11. The number of nitrogens with zero attached hydrogens (tertiary/aromatic N) is 1. The first kappa shape index (κ1) is 13.2. The highest BCUT2D eigenvalue weighted by Crippen LogP contribution is 2.20. The maximum Gasteiger partial charge on any atom is 0.321 e. The zero-order valence-corrected chi connectivity index (χ0v) is 11.7. The van der Waals surface area contributed by atoms with Crippen LogP contribution in [0, 0.1) is 11.3 Å². The highest BCUT2D eigenvalue weighted by Gasteiger charge is 2.18. The van der Waals surface area contributed by atoms with Gasteiger partial charge in [-0.3, -0.25) is 4.79 Å². The number of hydrogen-bond acceptors (Lipinski definition) is 3. The largest absolute Gasteiger partial charge is 0.441 e. The summed E-state index contributed by atoms with van der Waals surface area (Å²) in [5, 5.41) is 8.93. The van der Waals surface area contributed by atoms with Gasteiger partial charge in [-0.05, 0) is 19.1 Å². The van der Waals surface area contributed by atoms with Gasteiger partial charge in [0.1, 0.15) is 10.9 Å². The number of benzene rings is 1. The quantitative estimate of drug-likeness (QED) is 0.623. The molecule has 0 N–H and O–H groups in total. The SMILES string of the molecule is CC(Br)C(=O)OC(C#N)c1ccc(Br)cc1. The molecule has 0 radical (unpaired) electrons. The van der Waals surface area contributed by atoms with Crippen molar-refractivity contribution in [1.82, 2.24) is 0 Å². The third-order valence-corrected chi connectivity index (χ3v) is 2.75. The van der Waals surface area contributed by atoms with Crippen molar-refractivity contribution in [2.75, 3.05) is 0 Å². The van der Waals surface area contributed by atoms with Crippen molar-refractivity contribution in [1.29, 1.82) is 5.26 Å². The molecule has 0 spiro atoms. The van der Waals surface area contributed by atoms with Crippen LogP contribution < -0.4 is 0 Å². The van der Waals surface area contributed by atoms with Gasteiger partial charge in [0.15, 0.2) is 0 Å². The number of ether oxygens (including phenoxy) is 1. The van der Waals surface area contributed by atoms with Crippen molar-refractivity contribution in [2.45, 2.75) is 17.9 Å². The first-order chi connectivity index (χ1) is 7.54. The molecule has 0 saturated carbocycles. The van der Waals surface area contributed by atoms with Crippen LogP contribution in [0.5, 0.6) is 0 Å². The molecule has 0 fully saturated rings. The normalized spacial score (nSPS) is 13.6. The number of rotatable bonds is 3.